The molecule has 0 amide bonds. The first-order valence-corrected chi connectivity index (χ1v) is 17.9. The summed E-state index contributed by atoms with van der Waals surface area (Å²) in [6.45, 7) is 0. The lowest BCUT2D eigenvalue weighted by Gasteiger charge is -2.13. The second-order valence-electron chi connectivity index (χ2n) is 12.8. The number of rotatable bonds is 5. The van der Waals surface area contributed by atoms with E-state index in [0.717, 1.165) is 55.8 Å². The van der Waals surface area contributed by atoms with Gasteiger partial charge in [0.2, 0.25) is 0 Å². The second-order valence-corrected chi connectivity index (χ2v) is 13.8. The van der Waals surface area contributed by atoms with Crippen LogP contribution in [-0.4, -0.2) is 15.0 Å². The van der Waals surface area contributed by atoms with Gasteiger partial charge < -0.3 is 0 Å². The molecule has 3 nitrogen and oxygen atoms in total. The predicted molar refractivity (Wildman–Crippen MR) is 215 cm³/mol. The maximum atomic E-state index is 5.42. The molecule has 3 aromatic heterocycles. The molecule has 0 aliphatic carbocycles. The van der Waals surface area contributed by atoms with Crippen LogP contribution in [0, 0.1) is 0 Å². The lowest BCUT2D eigenvalue weighted by atomic mass is 9.97. The molecule has 10 rings (SSSR count). The van der Waals surface area contributed by atoms with Gasteiger partial charge in [-0.15, -0.1) is 11.3 Å². The van der Waals surface area contributed by atoms with Gasteiger partial charge >= 0.3 is 0 Å². The lowest BCUT2D eigenvalue weighted by Crippen LogP contribution is -1.96. The number of pyridine rings is 1. The van der Waals surface area contributed by atoms with Crippen molar-refractivity contribution in [3.8, 4) is 56.3 Å². The van der Waals surface area contributed by atoms with Crippen molar-refractivity contribution in [2.75, 3.05) is 0 Å². The molecule has 238 valence electrons. The van der Waals surface area contributed by atoms with E-state index in [2.05, 4.69) is 164 Å². The summed E-state index contributed by atoms with van der Waals surface area (Å²) >= 11 is 1.84. The van der Waals surface area contributed by atoms with Gasteiger partial charge in [-0.1, -0.05) is 152 Å². The highest BCUT2D eigenvalue weighted by molar-refractivity contribution is 7.26. The molecule has 0 radical (unpaired) electrons. The number of hydrogen-bond acceptors (Lipinski definition) is 4. The Labute approximate surface area is 299 Å². The van der Waals surface area contributed by atoms with Gasteiger partial charge in [0.15, 0.2) is 5.82 Å². The Kier molecular flexibility index (Phi) is 7.00. The molecule has 0 saturated carbocycles. The zero-order valence-corrected chi connectivity index (χ0v) is 28.3. The number of nitrogens with zero attached hydrogens (tertiary/aromatic N) is 3. The van der Waals surface area contributed by atoms with Crippen molar-refractivity contribution in [3.63, 3.8) is 0 Å². The summed E-state index contributed by atoms with van der Waals surface area (Å²) in [6, 6.07) is 61.8. The first kappa shape index (κ1) is 29.4. The highest BCUT2D eigenvalue weighted by Gasteiger charge is 2.19. The van der Waals surface area contributed by atoms with E-state index >= 15 is 0 Å². The number of thiophene rings is 1. The van der Waals surface area contributed by atoms with E-state index < -0.39 is 0 Å². The molecule has 4 heteroatoms. The zero-order valence-electron chi connectivity index (χ0n) is 27.5. The molecule has 0 bridgehead atoms. The molecule has 10 aromatic rings. The quantitative estimate of drug-likeness (QED) is 0.183. The van der Waals surface area contributed by atoms with E-state index in [9.17, 15) is 0 Å². The summed E-state index contributed by atoms with van der Waals surface area (Å²) in [4.78, 5) is 15.7. The van der Waals surface area contributed by atoms with Gasteiger partial charge in [0.1, 0.15) is 0 Å². The monoisotopic (exact) mass is 667 g/mol. The van der Waals surface area contributed by atoms with Gasteiger partial charge in [-0.3, -0.25) is 0 Å². The Balaban J connectivity index is 1.17. The Morgan fingerprint density at radius 1 is 0.392 bits per heavy atom. The predicted octanol–water partition coefficient (Wildman–Crippen LogP) is 12.9. The third-order valence-electron chi connectivity index (χ3n) is 9.69. The van der Waals surface area contributed by atoms with Crippen molar-refractivity contribution in [2.24, 2.45) is 0 Å². The highest BCUT2D eigenvalue weighted by atomic mass is 32.1. The summed E-state index contributed by atoms with van der Waals surface area (Å²) in [6.07, 6.45) is 0. The molecule has 7 aromatic carbocycles. The van der Waals surface area contributed by atoms with Crippen LogP contribution in [0.3, 0.4) is 0 Å². The maximum absolute atomic E-state index is 5.42. The minimum atomic E-state index is 0.697. The molecule has 0 atom stereocenters. The number of hydrogen-bond donors (Lipinski definition) is 0. The Hall–Kier alpha value is -6.49. The molecule has 0 aliphatic heterocycles. The number of fused-ring (bicyclic) bond motifs is 6. The zero-order chi connectivity index (χ0) is 33.7. The van der Waals surface area contributed by atoms with Crippen molar-refractivity contribution in [2.45, 2.75) is 0 Å². The van der Waals surface area contributed by atoms with Crippen molar-refractivity contribution < 1.29 is 0 Å². The van der Waals surface area contributed by atoms with E-state index in [1.54, 1.807) is 0 Å². The summed E-state index contributed by atoms with van der Waals surface area (Å²) in [7, 11) is 0. The normalized spacial score (nSPS) is 11.5. The van der Waals surface area contributed by atoms with Crippen LogP contribution < -0.4 is 0 Å². The summed E-state index contributed by atoms with van der Waals surface area (Å²) in [5.74, 6) is 0.697. The van der Waals surface area contributed by atoms with Gasteiger partial charge in [0.25, 0.3) is 0 Å². The Morgan fingerprint density at radius 3 is 1.80 bits per heavy atom. The fourth-order valence-corrected chi connectivity index (χ4v) is 8.40. The molecule has 0 N–H and O–H groups in total. The van der Waals surface area contributed by atoms with Gasteiger partial charge in [-0.25, -0.2) is 15.0 Å². The molecule has 0 unspecified atom stereocenters. The van der Waals surface area contributed by atoms with Gasteiger partial charge in [0, 0.05) is 47.8 Å². The van der Waals surface area contributed by atoms with E-state index in [0.29, 0.717) is 5.82 Å². The lowest BCUT2D eigenvalue weighted by molar-refractivity contribution is 1.18. The molecular weight excluding hydrogens is 639 g/mol. The van der Waals surface area contributed by atoms with E-state index in [1.807, 2.05) is 23.5 Å². The fraction of sp³-hybridized carbons (Fsp3) is 0. The largest absolute Gasteiger partial charge is 0.247 e. The van der Waals surface area contributed by atoms with Crippen molar-refractivity contribution in [1.82, 2.24) is 15.0 Å². The standard InChI is InChI=1S/C47H29N3S/c1-3-12-30(13-4-1)31-22-24-34(25-23-31)47-49-41(33-15-5-2-6-16-33)29-42(50-47)35-26-27-40-39(28-35)46-44(38-19-9-10-21-43(38)51-46)45(48-40)37-20-11-17-32-14-7-8-18-36(32)37/h1-29H. The molecule has 3 heterocycles. The van der Waals surface area contributed by atoms with Crippen LogP contribution in [-0.2, 0) is 0 Å². The fourth-order valence-electron chi connectivity index (χ4n) is 7.17. The van der Waals surface area contributed by atoms with Crippen molar-refractivity contribution in [3.05, 3.63) is 176 Å². The SMILES string of the molecule is c1ccc(-c2ccc(-c3nc(-c4ccccc4)cc(-c4ccc5nc(-c6cccc7ccccc67)c6c7ccccc7sc6c5c4)n3)cc2)cc1. The second kappa shape index (κ2) is 12.1. The summed E-state index contributed by atoms with van der Waals surface area (Å²) in [5, 5.41) is 5.97. The minimum absolute atomic E-state index is 0.697. The van der Waals surface area contributed by atoms with Crippen LogP contribution in [0.15, 0.2) is 176 Å². The molecular formula is C47H29N3S. The first-order valence-electron chi connectivity index (χ1n) is 17.1. The summed E-state index contributed by atoms with van der Waals surface area (Å²) < 4.78 is 2.49. The molecule has 51 heavy (non-hydrogen) atoms. The van der Waals surface area contributed by atoms with Gasteiger partial charge in [0.05, 0.1) is 22.6 Å². The highest BCUT2D eigenvalue weighted by Crippen LogP contribution is 2.45. The topological polar surface area (TPSA) is 38.7 Å². The van der Waals surface area contributed by atoms with Gasteiger partial charge in [-0.05, 0) is 46.2 Å². The Bertz CT molecular complexity index is 2890. The van der Waals surface area contributed by atoms with E-state index in [1.165, 1.54) is 36.5 Å². The van der Waals surface area contributed by atoms with Crippen LogP contribution in [0.2, 0.25) is 0 Å². The molecule has 0 fully saturated rings. The van der Waals surface area contributed by atoms with Crippen molar-refractivity contribution in [1.29, 1.82) is 0 Å². The first-order chi connectivity index (χ1) is 25.3. The van der Waals surface area contributed by atoms with Gasteiger partial charge in [-0.2, -0.15) is 0 Å². The smallest absolute Gasteiger partial charge is 0.160 e. The van der Waals surface area contributed by atoms with Crippen LogP contribution in [0.25, 0.3) is 98.1 Å². The molecule has 0 aliphatic rings. The summed E-state index contributed by atoms with van der Waals surface area (Å²) in [5.41, 5.74) is 10.3. The van der Waals surface area contributed by atoms with Crippen LogP contribution in [0.5, 0.6) is 0 Å². The van der Waals surface area contributed by atoms with Crippen LogP contribution in [0.4, 0.5) is 0 Å². The third kappa shape index (κ3) is 5.16. The third-order valence-corrected chi connectivity index (χ3v) is 10.9. The van der Waals surface area contributed by atoms with Crippen molar-refractivity contribution >= 4 is 53.2 Å². The average Bonchev–Trinajstić information content (AvgIpc) is 3.61. The maximum Gasteiger partial charge on any atom is 0.160 e. The van der Waals surface area contributed by atoms with E-state index in [-0.39, 0.29) is 0 Å². The molecule has 0 spiro atoms. The van der Waals surface area contributed by atoms with Crippen LogP contribution >= 0.6 is 11.3 Å². The Morgan fingerprint density at radius 2 is 1.00 bits per heavy atom. The molecule has 0 saturated heterocycles. The van der Waals surface area contributed by atoms with Crippen LogP contribution in [0.1, 0.15) is 0 Å². The minimum Gasteiger partial charge on any atom is -0.247 e. The number of aromatic nitrogens is 3. The average molecular weight is 668 g/mol. The van der Waals surface area contributed by atoms with E-state index in [4.69, 9.17) is 15.0 Å². The number of benzene rings is 7.